The number of carbonyl (C=O) groups is 3. The fourth-order valence-corrected chi connectivity index (χ4v) is 6.16. The molecule has 0 radical (unpaired) electrons. The van der Waals surface area contributed by atoms with Gasteiger partial charge in [0, 0.05) is 56.9 Å². The topological polar surface area (TPSA) is 111 Å². The molecule has 0 saturated heterocycles. The number of carbonyl (C=O) groups excluding carboxylic acids is 3. The van der Waals surface area contributed by atoms with Gasteiger partial charge in [0.25, 0.3) is 11.7 Å². The Morgan fingerprint density at radius 3 is 1.63 bits per heavy atom. The van der Waals surface area contributed by atoms with E-state index in [0.29, 0.717) is 18.6 Å². The van der Waals surface area contributed by atoms with Crippen LogP contribution >= 0.6 is 0 Å². The Kier molecular flexibility index (Phi) is 12.9. The standard InChI is InChI=1S/C39H46N4O6/c1-26(29-13-17-40-18-14-29)21-32(22-27(2)30-15-19-41-20-16-30)42(3)38(45)33(23-28-11-9-8-10-12-28)43(4)39(46)36(44)31-24-34(47-5)37(49-7)35(25-31)48-6/h8-20,24-27,32-33H,21-23H2,1-7H3/t26?,27?,32?,33-/m0/s1. The van der Waals surface area contributed by atoms with Crippen molar-refractivity contribution in [3.05, 3.63) is 114 Å². The molecule has 0 spiro atoms. The number of ketones is 1. The Hall–Kier alpha value is -5.25. The van der Waals surface area contributed by atoms with E-state index in [1.807, 2.05) is 54.6 Å². The van der Waals surface area contributed by atoms with Crippen molar-refractivity contribution in [3.8, 4) is 17.2 Å². The second-order valence-electron chi connectivity index (χ2n) is 12.3. The number of methoxy groups -OCH3 is 3. The van der Waals surface area contributed by atoms with Crippen LogP contribution in [0.3, 0.4) is 0 Å². The van der Waals surface area contributed by atoms with Gasteiger partial charge in [-0.15, -0.1) is 0 Å². The van der Waals surface area contributed by atoms with E-state index < -0.39 is 17.7 Å². The largest absolute Gasteiger partial charge is 0.493 e. The maximum Gasteiger partial charge on any atom is 0.295 e. The van der Waals surface area contributed by atoms with Crippen LogP contribution < -0.4 is 14.2 Å². The summed E-state index contributed by atoms with van der Waals surface area (Å²) in [6, 6.07) is 19.2. The molecule has 0 aliphatic rings. The number of nitrogens with zero attached hydrogens (tertiary/aromatic N) is 4. The summed E-state index contributed by atoms with van der Waals surface area (Å²) in [5, 5.41) is 0. The van der Waals surface area contributed by atoms with E-state index in [4.69, 9.17) is 14.2 Å². The molecule has 0 N–H and O–H groups in total. The first-order valence-electron chi connectivity index (χ1n) is 16.3. The minimum absolute atomic E-state index is 0.0563. The van der Waals surface area contributed by atoms with Crippen LogP contribution in [0.1, 0.15) is 65.6 Å². The summed E-state index contributed by atoms with van der Waals surface area (Å²) >= 11 is 0. The van der Waals surface area contributed by atoms with Gasteiger partial charge in [-0.25, -0.2) is 0 Å². The molecule has 49 heavy (non-hydrogen) atoms. The Morgan fingerprint density at radius 1 is 0.694 bits per heavy atom. The predicted molar refractivity (Wildman–Crippen MR) is 188 cm³/mol. The van der Waals surface area contributed by atoms with Gasteiger partial charge >= 0.3 is 0 Å². The van der Waals surface area contributed by atoms with Crippen LogP contribution in [0.15, 0.2) is 91.5 Å². The SMILES string of the molecule is COc1cc(C(=O)C(=O)N(C)[C@@H](Cc2ccccc2)C(=O)N(C)C(CC(C)c2ccncc2)CC(C)c2ccncc2)cc(OC)c1OC. The van der Waals surface area contributed by atoms with E-state index in [1.54, 1.807) is 36.7 Å². The first-order chi connectivity index (χ1) is 23.6. The molecular formula is C39H46N4O6. The molecule has 2 heterocycles. The van der Waals surface area contributed by atoms with E-state index in [2.05, 4.69) is 23.8 Å². The van der Waals surface area contributed by atoms with Gasteiger partial charge in [0.2, 0.25) is 11.7 Å². The predicted octanol–water partition coefficient (Wildman–Crippen LogP) is 5.97. The minimum atomic E-state index is -0.958. The highest BCUT2D eigenvalue weighted by atomic mass is 16.5. The van der Waals surface area contributed by atoms with Gasteiger partial charge in [-0.2, -0.15) is 0 Å². The normalized spacial score (nSPS) is 13.4. The molecule has 2 unspecified atom stereocenters. The monoisotopic (exact) mass is 666 g/mol. The van der Waals surface area contributed by atoms with Crippen molar-refractivity contribution in [2.75, 3.05) is 35.4 Å². The minimum Gasteiger partial charge on any atom is -0.493 e. The lowest BCUT2D eigenvalue weighted by atomic mass is 9.86. The third-order valence-electron chi connectivity index (χ3n) is 9.16. The number of amides is 2. The van der Waals surface area contributed by atoms with E-state index in [-0.39, 0.29) is 47.3 Å². The molecule has 2 aromatic heterocycles. The van der Waals surface area contributed by atoms with Gasteiger partial charge < -0.3 is 24.0 Å². The highest BCUT2D eigenvalue weighted by molar-refractivity contribution is 6.43. The van der Waals surface area contributed by atoms with Gasteiger partial charge in [0.15, 0.2) is 11.5 Å². The summed E-state index contributed by atoms with van der Waals surface area (Å²) in [5.74, 6) is -0.852. The van der Waals surface area contributed by atoms with Crippen LogP contribution in [0, 0.1) is 0 Å². The second kappa shape index (κ2) is 17.2. The third-order valence-corrected chi connectivity index (χ3v) is 9.16. The van der Waals surface area contributed by atoms with Crippen molar-refractivity contribution in [2.45, 2.75) is 57.0 Å². The summed E-state index contributed by atoms with van der Waals surface area (Å²) in [6.45, 7) is 4.29. The third kappa shape index (κ3) is 9.01. The van der Waals surface area contributed by atoms with Gasteiger partial charge in [-0.1, -0.05) is 44.2 Å². The summed E-state index contributed by atoms with van der Waals surface area (Å²) in [5.41, 5.74) is 3.17. The highest BCUT2D eigenvalue weighted by Gasteiger charge is 2.36. The molecule has 2 amide bonds. The Balaban J connectivity index is 1.68. The van der Waals surface area contributed by atoms with Gasteiger partial charge in [0.1, 0.15) is 6.04 Å². The van der Waals surface area contributed by atoms with E-state index >= 15 is 0 Å². The summed E-state index contributed by atoms with van der Waals surface area (Å²) in [6.07, 6.45) is 8.69. The summed E-state index contributed by atoms with van der Waals surface area (Å²) in [4.78, 5) is 53.7. The van der Waals surface area contributed by atoms with Crippen molar-refractivity contribution >= 4 is 17.6 Å². The zero-order valence-corrected chi connectivity index (χ0v) is 29.3. The first-order valence-corrected chi connectivity index (χ1v) is 16.3. The average molecular weight is 667 g/mol. The Morgan fingerprint density at radius 2 is 1.18 bits per heavy atom. The number of rotatable bonds is 16. The van der Waals surface area contributed by atoms with E-state index in [0.717, 1.165) is 16.7 Å². The van der Waals surface area contributed by atoms with Gasteiger partial charge in [-0.3, -0.25) is 24.4 Å². The summed E-state index contributed by atoms with van der Waals surface area (Å²) < 4.78 is 16.2. The number of likely N-dealkylation sites (N-methyl/N-ethyl adjacent to an activating group) is 2. The van der Waals surface area contributed by atoms with Crippen LogP contribution in [-0.4, -0.2) is 84.9 Å². The van der Waals surface area contributed by atoms with Crippen molar-refractivity contribution < 1.29 is 28.6 Å². The molecular weight excluding hydrogens is 620 g/mol. The van der Waals surface area contributed by atoms with Crippen molar-refractivity contribution in [1.82, 2.24) is 19.8 Å². The zero-order chi connectivity index (χ0) is 35.5. The molecule has 3 atom stereocenters. The van der Waals surface area contributed by atoms with Crippen LogP contribution in [0.4, 0.5) is 0 Å². The molecule has 0 aliphatic heterocycles. The lowest BCUT2D eigenvalue weighted by molar-refractivity contribution is -0.143. The summed E-state index contributed by atoms with van der Waals surface area (Å²) in [7, 11) is 7.63. The highest BCUT2D eigenvalue weighted by Crippen LogP contribution is 2.38. The number of ether oxygens (including phenoxy) is 3. The molecule has 10 heteroatoms. The Labute approximate surface area is 289 Å². The number of aromatic nitrogens is 2. The van der Waals surface area contributed by atoms with Gasteiger partial charge in [-0.05, 0) is 77.8 Å². The van der Waals surface area contributed by atoms with Crippen molar-refractivity contribution in [3.63, 3.8) is 0 Å². The quantitative estimate of drug-likeness (QED) is 0.106. The zero-order valence-electron chi connectivity index (χ0n) is 29.3. The molecule has 258 valence electrons. The number of hydrogen-bond donors (Lipinski definition) is 0. The van der Waals surface area contributed by atoms with Crippen LogP contribution in [0.5, 0.6) is 17.2 Å². The lowest BCUT2D eigenvalue weighted by Gasteiger charge is -2.37. The Bertz CT molecular complexity index is 1610. The molecule has 4 rings (SSSR count). The fourth-order valence-electron chi connectivity index (χ4n) is 6.16. The second-order valence-corrected chi connectivity index (χ2v) is 12.3. The number of benzene rings is 2. The van der Waals surface area contributed by atoms with Crippen molar-refractivity contribution in [2.24, 2.45) is 0 Å². The number of hydrogen-bond acceptors (Lipinski definition) is 8. The first kappa shape index (κ1) is 36.6. The van der Waals surface area contributed by atoms with Crippen LogP contribution in [0.25, 0.3) is 0 Å². The maximum absolute atomic E-state index is 14.7. The molecule has 4 aromatic rings. The van der Waals surface area contributed by atoms with Crippen LogP contribution in [-0.2, 0) is 16.0 Å². The van der Waals surface area contributed by atoms with Crippen LogP contribution in [0.2, 0.25) is 0 Å². The smallest absolute Gasteiger partial charge is 0.295 e. The van der Waals surface area contributed by atoms with E-state index in [1.165, 1.54) is 45.4 Å². The van der Waals surface area contributed by atoms with Crippen molar-refractivity contribution in [1.29, 1.82) is 0 Å². The molecule has 2 aromatic carbocycles. The maximum atomic E-state index is 14.7. The molecule has 0 bridgehead atoms. The van der Waals surface area contributed by atoms with Gasteiger partial charge in [0.05, 0.1) is 21.3 Å². The number of Topliss-reactive ketones (excluding diaryl/α,β-unsaturated/α-hetero) is 1. The molecule has 0 saturated carbocycles. The van der Waals surface area contributed by atoms with E-state index in [9.17, 15) is 14.4 Å². The molecule has 0 aliphatic carbocycles. The average Bonchev–Trinajstić information content (AvgIpc) is 3.15. The fraction of sp³-hybridized carbons (Fsp3) is 0.359. The molecule has 10 nitrogen and oxygen atoms in total. The number of pyridine rings is 2. The molecule has 0 fully saturated rings. The lowest BCUT2D eigenvalue weighted by Crippen LogP contribution is -2.53.